The van der Waals surface area contributed by atoms with Crippen LogP contribution in [0.15, 0.2) is 122 Å². The Bertz CT molecular complexity index is 5470. The summed E-state index contributed by atoms with van der Waals surface area (Å²) in [6.07, 6.45) is 8.17. The molecule has 7 N–H and O–H groups in total. The van der Waals surface area contributed by atoms with E-state index in [2.05, 4.69) is 110 Å². The molecule has 4 saturated heterocycles. The summed E-state index contributed by atoms with van der Waals surface area (Å²) in [7, 11) is 2.11. The molecule has 0 atom stereocenters. The first-order valence-electron chi connectivity index (χ1n) is 37.3. The highest BCUT2D eigenvalue weighted by Gasteiger charge is 2.31. The number of aromatic nitrogens is 10. The number of H-pyrrole nitrogens is 3. The monoisotopic (exact) mass is 1550 g/mol. The quantitative estimate of drug-likeness (QED) is 0.0292. The lowest BCUT2D eigenvalue weighted by atomic mass is 10.1. The van der Waals surface area contributed by atoms with Crippen LogP contribution in [0.2, 0.25) is 0 Å². The molecular weight excluding hydrogens is 1460 g/mol. The lowest BCUT2D eigenvalue weighted by Gasteiger charge is -2.35. The molecule has 5 aromatic carbocycles. The number of hydrogen-bond donors (Lipinski definition) is 7. The highest BCUT2D eigenvalue weighted by atomic mass is 19.1. The van der Waals surface area contributed by atoms with Crippen LogP contribution in [0.4, 0.5) is 78.1 Å². The molecule has 0 bridgehead atoms. The number of aromatic amines is 3. The number of carbonyl (C=O) groups excluding carboxylic acids is 3. The van der Waals surface area contributed by atoms with Gasteiger partial charge in [-0.1, -0.05) is 6.92 Å². The third-order valence-electron chi connectivity index (χ3n) is 20.1. The van der Waals surface area contributed by atoms with Gasteiger partial charge >= 0.3 is 0 Å². The van der Waals surface area contributed by atoms with Crippen LogP contribution in [0.25, 0.3) is 32.7 Å². The van der Waals surface area contributed by atoms with Gasteiger partial charge in [0.25, 0.3) is 5.91 Å². The molecule has 32 heteroatoms. The second-order valence-corrected chi connectivity index (χ2v) is 28.0. The number of pyridine rings is 1. The number of amides is 1. The Morgan fingerprint density at radius 1 is 0.442 bits per heavy atom. The van der Waals surface area contributed by atoms with Gasteiger partial charge in [-0.15, -0.1) is 0 Å². The Hall–Kier alpha value is -12.4. The Kier molecular flexibility index (Phi) is 23.3. The number of nitrogens with one attached hydrogen (secondary N) is 7. The number of piperazine rings is 3. The number of ether oxygens (including phenoxy) is 3. The van der Waals surface area contributed by atoms with Gasteiger partial charge in [0, 0.05) is 166 Å². The second kappa shape index (κ2) is 34.1. The predicted octanol–water partition coefficient (Wildman–Crippen LogP) is 15.0. The third-order valence-corrected chi connectivity index (χ3v) is 20.1. The minimum Gasteiger partial charge on any atom is -0.435 e. The number of aryl methyl sites for hydroxylation is 3. The second-order valence-electron chi connectivity index (χ2n) is 28.0. The van der Waals surface area contributed by atoms with Crippen LogP contribution in [-0.4, -0.2) is 187 Å². The highest BCUT2D eigenvalue weighted by Crippen LogP contribution is 2.40. The molecule has 12 aromatic rings. The molecule has 7 aromatic heterocycles. The van der Waals surface area contributed by atoms with E-state index in [1.54, 1.807) is 31.9 Å². The van der Waals surface area contributed by atoms with Gasteiger partial charge in [0.15, 0.2) is 69.5 Å². The summed E-state index contributed by atoms with van der Waals surface area (Å²) in [4.78, 5) is 90.1. The zero-order chi connectivity index (χ0) is 79.1. The zero-order valence-corrected chi connectivity index (χ0v) is 63.3. The van der Waals surface area contributed by atoms with Crippen LogP contribution >= 0.6 is 0 Å². The maximum atomic E-state index is 15.4. The largest absolute Gasteiger partial charge is 0.435 e. The number of halogens is 6. The van der Waals surface area contributed by atoms with Crippen LogP contribution in [0.5, 0.6) is 34.9 Å². The Balaban J connectivity index is 0.000000141. The van der Waals surface area contributed by atoms with Gasteiger partial charge in [-0.2, -0.15) is 0 Å². The number of fused-ring (bicyclic) bond motifs is 3. The van der Waals surface area contributed by atoms with E-state index in [4.69, 9.17) is 14.2 Å². The number of ketones is 2. The molecule has 113 heavy (non-hydrogen) atoms. The van der Waals surface area contributed by atoms with Gasteiger partial charge in [-0.05, 0) is 146 Å². The summed E-state index contributed by atoms with van der Waals surface area (Å²) in [6.45, 7) is 23.7. The molecule has 11 heterocycles. The van der Waals surface area contributed by atoms with E-state index in [9.17, 15) is 27.6 Å². The summed E-state index contributed by atoms with van der Waals surface area (Å²) in [6, 6.07) is 26.7. The topological polar surface area (TPSA) is 284 Å². The molecule has 16 rings (SSSR count). The first kappa shape index (κ1) is 77.3. The molecule has 0 aliphatic carbocycles. The smallest absolute Gasteiger partial charge is 0.263 e. The van der Waals surface area contributed by atoms with Crippen molar-refractivity contribution in [3.8, 4) is 34.9 Å². The van der Waals surface area contributed by atoms with Crippen molar-refractivity contribution in [2.45, 2.75) is 60.8 Å². The number of hydrogen-bond acceptors (Lipinski definition) is 22. The van der Waals surface area contributed by atoms with Crippen LogP contribution in [0.1, 0.15) is 88.2 Å². The van der Waals surface area contributed by atoms with Crippen molar-refractivity contribution in [1.82, 2.24) is 69.9 Å². The predicted molar refractivity (Wildman–Crippen MR) is 421 cm³/mol. The number of rotatable bonds is 19. The van der Waals surface area contributed by atoms with Crippen LogP contribution in [-0.2, 0) is 0 Å². The highest BCUT2D eigenvalue weighted by molar-refractivity contribution is 6.03. The molecule has 1 amide bonds. The molecule has 0 spiro atoms. The van der Waals surface area contributed by atoms with E-state index in [1.807, 2.05) is 60.7 Å². The van der Waals surface area contributed by atoms with Crippen LogP contribution in [0.3, 0.4) is 0 Å². The van der Waals surface area contributed by atoms with E-state index < -0.39 is 34.9 Å². The molecule has 0 radical (unpaired) electrons. The van der Waals surface area contributed by atoms with Crippen molar-refractivity contribution in [2.24, 2.45) is 0 Å². The molecular formula is C81H84F6N20O6. The number of nitrogens with zero attached hydrogens (tertiary/aromatic N) is 13. The van der Waals surface area contributed by atoms with Crippen LogP contribution in [0, 0.1) is 55.7 Å². The summed E-state index contributed by atoms with van der Waals surface area (Å²) in [5.74, 6) is -5.98. The summed E-state index contributed by atoms with van der Waals surface area (Å²) in [5.41, 5.74) is 6.72. The van der Waals surface area contributed by atoms with Crippen molar-refractivity contribution in [3.63, 3.8) is 0 Å². The molecule has 26 nitrogen and oxygen atoms in total. The maximum Gasteiger partial charge on any atom is 0.263 e. The fourth-order valence-corrected chi connectivity index (χ4v) is 14.1. The number of benzene rings is 5. The SMILES string of the molecule is CC(=O)c1c(Nc2ccc(N3CCN(C)CC3)cc2)ncnc1Oc1cc(F)c2[nH]c(C)cc2c1F.CCN1CCN(c2ccc(Nc3ncnc(Oc4cc(F)c5[nH]c(C)cc5c4F)c3C(C)=O)cc2)CC1.Cc1cc2c(F)c(Oc3ncnc(Nc4ccc(N5CCNCC5)cn4)c3C(=O)N3CCCCC3)cc(F)c2[nH]1. The fourth-order valence-electron chi connectivity index (χ4n) is 14.1. The average Bonchev–Trinajstić information content (AvgIpc) is 1.73. The number of carbonyl (C=O) groups is 3. The molecule has 0 unspecified atom stereocenters. The van der Waals surface area contributed by atoms with E-state index in [0.29, 0.717) is 47.4 Å². The summed E-state index contributed by atoms with van der Waals surface area (Å²) in [5, 5.41) is 12.9. The Morgan fingerprint density at radius 2 is 0.832 bits per heavy atom. The molecule has 0 saturated carbocycles. The van der Waals surface area contributed by atoms with E-state index in [1.165, 1.54) is 51.0 Å². The van der Waals surface area contributed by atoms with Crippen molar-refractivity contribution in [1.29, 1.82) is 0 Å². The standard InChI is InChI=1S/C28H30F2N8O2.C27H28F2N6O2.C26H26F2N6O2/c1-17-13-19-24(30)21(14-20(29)25(19)35-17)40-27-23(28(39)38-9-3-2-4-10-38)26(33-16-34-27)36-22-6-5-18(15-32-22)37-11-7-31-8-12-37;1-4-34-9-11-35(12-10-34)19-7-5-18(6-8-19)33-26-23(17(3)36)27(31-15-30-26)37-22-14-21(28)25-20(24(22)29)13-16(2)32-25;1-15-12-19-23(28)21(13-20(27)24(19)31-15)36-26-22(16(2)35)25(29-14-30-26)32-17-4-6-18(7-5-17)34-10-8-33(3)9-11-34/h5-6,13-16,31,35H,2-4,7-12H2,1H3,(H,32,33,34,36);5-8,13-15,32H,4,9-12H2,1-3H3,(H,30,31,33);4-7,12-14,31H,8-11H2,1-3H3,(H,29,30,32). The Morgan fingerprint density at radius 3 is 1.23 bits per heavy atom. The number of piperidine rings is 1. The van der Waals surface area contributed by atoms with Crippen molar-refractivity contribution >= 4 is 102 Å². The number of anilines is 9. The van der Waals surface area contributed by atoms with Gasteiger partial charge in [0.1, 0.15) is 53.1 Å². The molecule has 4 aliphatic rings. The Labute approximate surface area is 646 Å². The first-order valence-corrected chi connectivity index (χ1v) is 37.3. The van der Waals surface area contributed by atoms with Crippen LogP contribution < -0.4 is 50.2 Å². The third kappa shape index (κ3) is 17.4. The normalized spacial score (nSPS) is 14.8. The van der Waals surface area contributed by atoms with E-state index >= 15 is 13.2 Å². The van der Waals surface area contributed by atoms with Gasteiger partial charge < -0.3 is 79.8 Å². The van der Waals surface area contributed by atoms with E-state index in [-0.39, 0.29) is 119 Å². The zero-order valence-electron chi connectivity index (χ0n) is 63.3. The summed E-state index contributed by atoms with van der Waals surface area (Å²) < 4.78 is 107. The first-order chi connectivity index (χ1) is 54.6. The molecule has 586 valence electrons. The molecule has 4 fully saturated rings. The molecule has 4 aliphatic heterocycles. The van der Waals surface area contributed by atoms with Gasteiger partial charge in [0.2, 0.25) is 17.6 Å². The van der Waals surface area contributed by atoms with Gasteiger partial charge in [0.05, 0.1) is 28.4 Å². The lowest BCUT2D eigenvalue weighted by Crippen LogP contribution is -2.46. The average molecular weight is 1550 g/mol. The summed E-state index contributed by atoms with van der Waals surface area (Å²) >= 11 is 0. The number of likely N-dealkylation sites (N-methyl/N-ethyl adjacent to an activating group) is 2. The van der Waals surface area contributed by atoms with Crippen molar-refractivity contribution in [3.05, 3.63) is 191 Å². The maximum absolute atomic E-state index is 15.4. The number of Topliss-reactive ketones (excluding diaryl/α,β-unsaturated/α-hetero) is 2. The van der Waals surface area contributed by atoms with Gasteiger partial charge in [-0.25, -0.2) is 61.2 Å². The van der Waals surface area contributed by atoms with Crippen molar-refractivity contribution < 1.29 is 54.9 Å². The number of likely N-dealkylation sites (tertiary alicyclic amines) is 1. The minimum atomic E-state index is -0.754. The fraction of sp³-hybridized carbons (Fsp3) is 0.309. The minimum absolute atomic E-state index is 0.0301. The van der Waals surface area contributed by atoms with Crippen molar-refractivity contribution in [2.75, 3.05) is 136 Å². The lowest BCUT2D eigenvalue weighted by molar-refractivity contribution is 0.0721. The van der Waals surface area contributed by atoms with Gasteiger partial charge in [-0.3, -0.25) is 14.4 Å². The van der Waals surface area contributed by atoms with E-state index in [0.717, 1.165) is 140 Å².